The summed E-state index contributed by atoms with van der Waals surface area (Å²) < 4.78 is 17.8. The molecule has 0 aromatic heterocycles. The molecule has 0 unspecified atom stereocenters. The molecular formula is C38H73NO6. The van der Waals surface area contributed by atoms with Crippen LogP contribution in [0, 0.1) is 5.92 Å². The molecule has 0 saturated heterocycles. The number of rotatable bonds is 30. The molecule has 0 radical (unpaired) electrons. The lowest BCUT2D eigenvalue weighted by Gasteiger charge is -2.44. The van der Waals surface area contributed by atoms with E-state index in [1.54, 1.807) is 14.2 Å². The van der Waals surface area contributed by atoms with Crippen molar-refractivity contribution in [3.63, 3.8) is 0 Å². The number of aliphatic hydroxyl groups excluding tert-OH is 2. The summed E-state index contributed by atoms with van der Waals surface area (Å²) in [7, 11) is 3.40. The van der Waals surface area contributed by atoms with Crippen LogP contribution in [0.25, 0.3) is 0 Å². The number of methoxy groups -OCH3 is 2. The van der Waals surface area contributed by atoms with E-state index in [0.717, 1.165) is 38.5 Å². The second-order valence-corrected chi connectivity index (χ2v) is 13.4. The molecule has 1 rings (SSSR count). The number of hydrogen-bond donors (Lipinski definition) is 3. The zero-order chi connectivity index (χ0) is 33.0. The maximum absolute atomic E-state index is 13.0. The smallest absolute Gasteiger partial charge is 0.220 e. The third-order valence-electron chi connectivity index (χ3n) is 9.62. The molecule has 3 N–H and O–H groups in total. The topological polar surface area (TPSA) is 97.3 Å². The maximum atomic E-state index is 13.0. The predicted molar refractivity (Wildman–Crippen MR) is 187 cm³/mol. The average molecular weight is 640 g/mol. The highest BCUT2D eigenvalue weighted by Crippen LogP contribution is 2.32. The second-order valence-electron chi connectivity index (χ2n) is 13.4. The fourth-order valence-corrected chi connectivity index (χ4v) is 6.66. The minimum atomic E-state index is -0.773. The summed E-state index contributed by atoms with van der Waals surface area (Å²) in [4.78, 5) is 13.0. The van der Waals surface area contributed by atoms with Crippen molar-refractivity contribution in [1.82, 2.24) is 5.32 Å². The first-order valence-corrected chi connectivity index (χ1v) is 18.9. The van der Waals surface area contributed by atoms with Crippen molar-refractivity contribution in [2.24, 2.45) is 5.92 Å². The van der Waals surface area contributed by atoms with Crippen molar-refractivity contribution in [3.05, 3.63) is 12.2 Å². The summed E-state index contributed by atoms with van der Waals surface area (Å²) >= 11 is 0. The summed E-state index contributed by atoms with van der Waals surface area (Å²) in [6.07, 6.45) is 28.5. The van der Waals surface area contributed by atoms with Crippen molar-refractivity contribution in [2.45, 2.75) is 192 Å². The first kappa shape index (κ1) is 42.0. The van der Waals surface area contributed by atoms with Crippen LogP contribution in [-0.4, -0.2) is 74.0 Å². The first-order valence-electron chi connectivity index (χ1n) is 18.9. The van der Waals surface area contributed by atoms with Crippen LogP contribution in [-0.2, 0) is 19.0 Å². The minimum absolute atomic E-state index is 0.00191. The van der Waals surface area contributed by atoms with Crippen molar-refractivity contribution in [2.75, 3.05) is 27.4 Å². The Kier molecular flexibility index (Phi) is 27.2. The summed E-state index contributed by atoms with van der Waals surface area (Å²) in [5.74, 6) is -0.145. The molecule has 0 heterocycles. The SMILES string of the molecule is CCCCCCC=CCCCCCCCCCC(=O)N[C@@H]1[C@@H](OCC[C@@H](CCCCCCC)OC)[C@H](O)[C@@H](CCO)C[C@H]1OC. The van der Waals surface area contributed by atoms with E-state index in [2.05, 4.69) is 31.3 Å². The Balaban J connectivity index is 2.42. The highest BCUT2D eigenvalue weighted by molar-refractivity contribution is 5.76. The summed E-state index contributed by atoms with van der Waals surface area (Å²) in [6.45, 7) is 4.93. The number of unbranched alkanes of at least 4 members (excludes halogenated alkanes) is 15. The lowest BCUT2D eigenvalue weighted by atomic mass is 9.77. The van der Waals surface area contributed by atoms with Crippen molar-refractivity contribution < 1.29 is 29.2 Å². The Bertz CT molecular complexity index is 704. The Hall–Kier alpha value is -0.990. The lowest BCUT2D eigenvalue weighted by molar-refractivity contribution is -0.153. The van der Waals surface area contributed by atoms with Gasteiger partial charge in [0.05, 0.1) is 24.4 Å². The predicted octanol–water partition coefficient (Wildman–Crippen LogP) is 8.44. The van der Waals surface area contributed by atoms with E-state index in [-0.39, 0.29) is 30.6 Å². The molecule has 0 aromatic carbocycles. The van der Waals surface area contributed by atoms with Crippen LogP contribution >= 0.6 is 0 Å². The molecule has 1 saturated carbocycles. The number of ether oxygens (including phenoxy) is 3. The number of aliphatic hydroxyl groups is 2. The molecule has 0 bridgehead atoms. The monoisotopic (exact) mass is 640 g/mol. The van der Waals surface area contributed by atoms with Crippen LogP contribution in [0.5, 0.6) is 0 Å². The van der Waals surface area contributed by atoms with Crippen LogP contribution in [0.4, 0.5) is 0 Å². The van der Waals surface area contributed by atoms with Gasteiger partial charge in [-0.25, -0.2) is 0 Å². The van der Waals surface area contributed by atoms with Crippen LogP contribution < -0.4 is 5.32 Å². The van der Waals surface area contributed by atoms with E-state index in [0.29, 0.717) is 25.9 Å². The zero-order valence-corrected chi connectivity index (χ0v) is 29.8. The number of nitrogens with one attached hydrogen (secondary N) is 1. The van der Waals surface area contributed by atoms with Crippen LogP contribution in [0.1, 0.15) is 162 Å². The quantitative estimate of drug-likeness (QED) is 0.0539. The van der Waals surface area contributed by atoms with Crippen molar-refractivity contribution >= 4 is 5.91 Å². The third kappa shape index (κ3) is 20.1. The van der Waals surface area contributed by atoms with Gasteiger partial charge in [0.15, 0.2) is 0 Å². The Morgan fingerprint density at radius 3 is 2.00 bits per heavy atom. The van der Waals surface area contributed by atoms with Gasteiger partial charge in [0.25, 0.3) is 0 Å². The highest BCUT2D eigenvalue weighted by Gasteiger charge is 2.45. The van der Waals surface area contributed by atoms with E-state index >= 15 is 0 Å². The summed E-state index contributed by atoms with van der Waals surface area (Å²) in [5.41, 5.74) is 0. The maximum Gasteiger partial charge on any atom is 0.220 e. The second kappa shape index (κ2) is 29.2. The molecule has 266 valence electrons. The molecule has 0 aromatic rings. The molecule has 45 heavy (non-hydrogen) atoms. The Labute approximate surface area is 277 Å². The standard InChI is InChI=1S/C38H73NO6/c1-5-7-9-11-12-13-14-15-16-17-18-19-20-22-24-26-35(41)39-36-34(44-4)31-32(27-29-40)37(42)38(36)45-30-28-33(43-3)25-23-21-10-8-6-2/h13-14,32-34,36-38,40,42H,5-12,15-31H2,1-4H3,(H,39,41)/t32-,33+,34+,36-,37+,38+/m0/s1. The number of carbonyl (C=O) groups excluding carboxylic acids is 1. The van der Waals surface area contributed by atoms with Crippen molar-refractivity contribution in [1.29, 1.82) is 0 Å². The van der Waals surface area contributed by atoms with Gasteiger partial charge in [-0.2, -0.15) is 0 Å². The molecular weight excluding hydrogens is 566 g/mol. The van der Waals surface area contributed by atoms with Crippen LogP contribution in [0.3, 0.4) is 0 Å². The van der Waals surface area contributed by atoms with Crippen LogP contribution in [0.15, 0.2) is 12.2 Å². The van der Waals surface area contributed by atoms with Gasteiger partial charge in [-0.15, -0.1) is 0 Å². The number of carbonyl (C=O) groups is 1. The van der Waals surface area contributed by atoms with Gasteiger partial charge >= 0.3 is 0 Å². The first-order chi connectivity index (χ1) is 22.0. The van der Waals surface area contributed by atoms with Gasteiger partial charge in [0.2, 0.25) is 5.91 Å². The molecule has 1 aliphatic carbocycles. The van der Waals surface area contributed by atoms with Gasteiger partial charge in [-0.05, 0) is 63.7 Å². The van der Waals surface area contributed by atoms with Crippen LogP contribution in [0.2, 0.25) is 0 Å². The molecule has 0 spiro atoms. The van der Waals surface area contributed by atoms with Gasteiger partial charge in [0, 0.05) is 33.9 Å². The fourth-order valence-electron chi connectivity index (χ4n) is 6.66. The fraction of sp³-hybridized carbons (Fsp3) is 0.921. The van der Waals surface area contributed by atoms with Gasteiger partial charge in [-0.3, -0.25) is 4.79 Å². The van der Waals surface area contributed by atoms with E-state index in [1.807, 2.05) is 0 Å². The van der Waals surface area contributed by atoms with E-state index < -0.39 is 18.2 Å². The van der Waals surface area contributed by atoms with Gasteiger partial charge < -0.3 is 29.7 Å². The van der Waals surface area contributed by atoms with E-state index in [1.165, 1.54) is 89.9 Å². The molecule has 7 nitrogen and oxygen atoms in total. The Morgan fingerprint density at radius 1 is 0.822 bits per heavy atom. The van der Waals surface area contributed by atoms with E-state index in [9.17, 15) is 15.0 Å². The lowest BCUT2D eigenvalue weighted by Crippen LogP contribution is -2.62. The minimum Gasteiger partial charge on any atom is -0.396 e. The number of amides is 1. The normalized spacial score (nSPS) is 22.7. The molecule has 1 aliphatic rings. The Morgan fingerprint density at radius 2 is 1.40 bits per heavy atom. The highest BCUT2D eigenvalue weighted by atomic mass is 16.5. The largest absolute Gasteiger partial charge is 0.396 e. The zero-order valence-electron chi connectivity index (χ0n) is 29.8. The van der Waals surface area contributed by atoms with Crippen molar-refractivity contribution in [3.8, 4) is 0 Å². The molecule has 0 aliphatic heterocycles. The summed E-state index contributed by atoms with van der Waals surface area (Å²) in [5, 5.41) is 24.0. The molecule has 6 atom stereocenters. The average Bonchev–Trinajstić information content (AvgIpc) is 3.04. The van der Waals surface area contributed by atoms with Gasteiger partial charge in [0.1, 0.15) is 6.10 Å². The molecule has 1 fully saturated rings. The molecule has 7 heteroatoms. The summed E-state index contributed by atoms with van der Waals surface area (Å²) in [6, 6.07) is -0.423. The number of allylic oxidation sites excluding steroid dienone is 2. The molecule has 1 amide bonds. The van der Waals surface area contributed by atoms with Gasteiger partial charge in [-0.1, -0.05) is 109 Å². The third-order valence-corrected chi connectivity index (χ3v) is 9.62. The number of hydrogen-bond acceptors (Lipinski definition) is 6. The van der Waals surface area contributed by atoms with E-state index in [4.69, 9.17) is 14.2 Å².